The summed E-state index contributed by atoms with van der Waals surface area (Å²) in [5.74, 6) is 0. The van der Waals surface area contributed by atoms with Crippen LogP contribution in [0.25, 0.3) is 0 Å². The summed E-state index contributed by atoms with van der Waals surface area (Å²) in [5.41, 5.74) is 1.19. The second-order valence-electron chi connectivity index (χ2n) is 4.29. The van der Waals surface area contributed by atoms with Gasteiger partial charge in [0.15, 0.2) is 0 Å². The summed E-state index contributed by atoms with van der Waals surface area (Å²) in [6.45, 7) is 2.76. The SMILES string of the molecule is COCCNCCCCCc1ccc(Cl)cc1Cl. The van der Waals surface area contributed by atoms with Crippen molar-refractivity contribution in [3.05, 3.63) is 33.8 Å². The van der Waals surface area contributed by atoms with E-state index in [9.17, 15) is 0 Å². The van der Waals surface area contributed by atoms with E-state index in [1.165, 1.54) is 18.4 Å². The van der Waals surface area contributed by atoms with E-state index in [1.54, 1.807) is 7.11 Å². The molecule has 0 aliphatic heterocycles. The molecule has 0 radical (unpaired) electrons. The zero-order valence-corrected chi connectivity index (χ0v) is 12.4. The van der Waals surface area contributed by atoms with Gasteiger partial charge in [0.1, 0.15) is 0 Å². The number of halogens is 2. The van der Waals surface area contributed by atoms with Gasteiger partial charge in [0.25, 0.3) is 0 Å². The van der Waals surface area contributed by atoms with Crippen LogP contribution in [0, 0.1) is 0 Å². The molecular formula is C14H21Cl2NO. The number of aryl methyl sites for hydroxylation is 1. The summed E-state index contributed by atoms with van der Waals surface area (Å²) in [6, 6.07) is 5.72. The number of benzene rings is 1. The van der Waals surface area contributed by atoms with Crippen molar-refractivity contribution in [1.29, 1.82) is 0 Å². The highest BCUT2D eigenvalue weighted by Gasteiger charge is 2.00. The molecule has 1 aromatic carbocycles. The van der Waals surface area contributed by atoms with E-state index in [4.69, 9.17) is 27.9 Å². The highest BCUT2D eigenvalue weighted by atomic mass is 35.5. The minimum atomic E-state index is 0.700. The first-order valence-electron chi connectivity index (χ1n) is 6.37. The van der Waals surface area contributed by atoms with Gasteiger partial charge in [-0.05, 0) is 43.5 Å². The largest absolute Gasteiger partial charge is 0.383 e. The minimum Gasteiger partial charge on any atom is -0.383 e. The van der Waals surface area contributed by atoms with Crippen LogP contribution in [0.15, 0.2) is 18.2 Å². The Balaban J connectivity index is 2.07. The van der Waals surface area contributed by atoms with Crippen molar-refractivity contribution in [1.82, 2.24) is 5.32 Å². The molecular weight excluding hydrogens is 269 g/mol. The average Bonchev–Trinajstić information content (AvgIpc) is 2.35. The molecule has 1 N–H and O–H groups in total. The molecule has 102 valence electrons. The monoisotopic (exact) mass is 289 g/mol. The normalized spacial score (nSPS) is 10.8. The van der Waals surface area contributed by atoms with Gasteiger partial charge in [-0.25, -0.2) is 0 Å². The van der Waals surface area contributed by atoms with Crippen LogP contribution >= 0.6 is 23.2 Å². The molecule has 0 aliphatic carbocycles. The van der Waals surface area contributed by atoms with Crippen LogP contribution in [0.1, 0.15) is 24.8 Å². The van der Waals surface area contributed by atoms with Gasteiger partial charge in [0, 0.05) is 23.7 Å². The molecule has 0 amide bonds. The van der Waals surface area contributed by atoms with E-state index in [1.807, 2.05) is 18.2 Å². The predicted molar refractivity (Wildman–Crippen MR) is 78.8 cm³/mol. The molecule has 1 aromatic rings. The van der Waals surface area contributed by atoms with Crippen molar-refractivity contribution in [2.45, 2.75) is 25.7 Å². The predicted octanol–water partition coefficient (Wildman–Crippen LogP) is 3.94. The molecule has 0 heterocycles. The van der Waals surface area contributed by atoms with Crippen molar-refractivity contribution in [3.8, 4) is 0 Å². The Bertz CT molecular complexity index is 345. The average molecular weight is 290 g/mol. The number of nitrogens with one attached hydrogen (secondary N) is 1. The molecule has 0 aliphatic rings. The Kier molecular flexibility index (Phi) is 8.44. The molecule has 2 nitrogen and oxygen atoms in total. The summed E-state index contributed by atoms with van der Waals surface area (Å²) >= 11 is 12.0. The fourth-order valence-corrected chi connectivity index (χ4v) is 2.27. The molecule has 0 unspecified atom stereocenters. The highest BCUT2D eigenvalue weighted by Crippen LogP contribution is 2.22. The standard InChI is InChI=1S/C14H21Cl2NO/c1-18-10-9-17-8-4-2-3-5-12-6-7-13(15)11-14(12)16/h6-7,11,17H,2-5,8-10H2,1H3. The van der Waals surface area contributed by atoms with Crippen LogP contribution in [0.4, 0.5) is 0 Å². The first-order valence-corrected chi connectivity index (χ1v) is 7.13. The van der Waals surface area contributed by atoms with E-state index in [-0.39, 0.29) is 0 Å². The molecule has 0 spiro atoms. The van der Waals surface area contributed by atoms with E-state index in [0.717, 1.165) is 37.6 Å². The summed E-state index contributed by atoms with van der Waals surface area (Å²) in [6.07, 6.45) is 4.58. The number of ether oxygens (including phenoxy) is 1. The lowest BCUT2D eigenvalue weighted by atomic mass is 10.1. The lowest BCUT2D eigenvalue weighted by molar-refractivity contribution is 0.199. The maximum atomic E-state index is 6.12. The summed E-state index contributed by atoms with van der Waals surface area (Å²) in [7, 11) is 1.72. The zero-order valence-electron chi connectivity index (χ0n) is 10.8. The summed E-state index contributed by atoms with van der Waals surface area (Å²) < 4.78 is 4.96. The molecule has 0 aromatic heterocycles. The topological polar surface area (TPSA) is 21.3 Å². The van der Waals surface area contributed by atoms with Crippen LogP contribution in [0.5, 0.6) is 0 Å². The van der Waals surface area contributed by atoms with Crippen molar-refractivity contribution < 1.29 is 4.74 Å². The van der Waals surface area contributed by atoms with Gasteiger partial charge in [-0.15, -0.1) is 0 Å². The minimum absolute atomic E-state index is 0.700. The first kappa shape index (κ1) is 15.8. The summed E-state index contributed by atoms with van der Waals surface area (Å²) in [5, 5.41) is 4.81. The molecule has 4 heteroatoms. The van der Waals surface area contributed by atoms with Gasteiger partial charge in [0.2, 0.25) is 0 Å². The van der Waals surface area contributed by atoms with E-state index >= 15 is 0 Å². The zero-order chi connectivity index (χ0) is 13.2. The van der Waals surface area contributed by atoms with Gasteiger partial charge in [-0.1, -0.05) is 35.7 Å². The molecule has 1 rings (SSSR count). The van der Waals surface area contributed by atoms with Gasteiger partial charge in [-0.2, -0.15) is 0 Å². The van der Waals surface area contributed by atoms with Gasteiger partial charge in [0.05, 0.1) is 6.61 Å². The highest BCUT2D eigenvalue weighted by molar-refractivity contribution is 6.35. The molecule has 18 heavy (non-hydrogen) atoms. The third-order valence-electron chi connectivity index (χ3n) is 2.80. The molecule has 0 saturated heterocycles. The van der Waals surface area contributed by atoms with Gasteiger partial charge >= 0.3 is 0 Å². The van der Waals surface area contributed by atoms with Crippen molar-refractivity contribution in [3.63, 3.8) is 0 Å². The van der Waals surface area contributed by atoms with Gasteiger partial charge < -0.3 is 10.1 Å². The lowest BCUT2D eigenvalue weighted by Gasteiger charge is -2.06. The Morgan fingerprint density at radius 3 is 2.67 bits per heavy atom. The third kappa shape index (κ3) is 6.60. The smallest absolute Gasteiger partial charge is 0.0587 e. The second-order valence-corrected chi connectivity index (χ2v) is 5.13. The number of unbranched alkanes of at least 4 members (excludes halogenated alkanes) is 2. The number of hydrogen-bond acceptors (Lipinski definition) is 2. The Morgan fingerprint density at radius 2 is 1.94 bits per heavy atom. The fraction of sp³-hybridized carbons (Fsp3) is 0.571. The Morgan fingerprint density at radius 1 is 1.11 bits per heavy atom. The number of methoxy groups -OCH3 is 1. The quantitative estimate of drug-likeness (QED) is 0.695. The van der Waals surface area contributed by atoms with Crippen LogP contribution in [-0.4, -0.2) is 26.8 Å². The molecule has 0 bridgehead atoms. The maximum absolute atomic E-state index is 6.12. The van der Waals surface area contributed by atoms with Crippen LogP contribution in [-0.2, 0) is 11.2 Å². The van der Waals surface area contributed by atoms with Crippen molar-refractivity contribution in [2.75, 3.05) is 26.8 Å². The molecule has 0 fully saturated rings. The van der Waals surface area contributed by atoms with Crippen molar-refractivity contribution in [2.24, 2.45) is 0 Å². The van der Waals surface area contributed by atoms with E-state index in [2.05, 4.69) is 5.32 Å². The van der Waals surface area contributed by atoms with Crippen LogP contribution in [0.2, 0.25) is 10.0 Å². The van der Waals surface area contributed by atoms with Crippen LogP contribution in [0.3, 0.4) is 0 Å². The van der Waals surface area contributed by atoms with Crippen LogP contribution < -0.4 is 5.32 Å². The first-order chi connectivity index (χ1) is 8.74. The number of rotatable bonds is 9. The van der Waals surface area contributed by atoms with E-state index in [0.29, 0.717) is 5.02 Å². The van der Waals surface area contributed by atoms with E-state index < -0.39 is 0 Å². The second kappa shape index (κ2) is 9.62. The Labute approximate surface area is 120 Å². The summed E-state index contributed by atoms with van der Waals surface area (Å²) in [4.78, 5) is 0. The molecule has 0 saturated carbocycles. The lowest BCUT2D eigenvalue weighted by Crippen LogP contribution is -2.20. The Hall–Kier alpha value is -0.280. The maximum Gasteiger partial charge on any atom is 0.0587 e. The number of hydrogen-bond donors (Lipinski definition) is 1. The van der Waals surface area contributed by atoms with Gasteiger partial charge in [-0.3, -0.25) is 0 Å². The molecule has 0 atom stereocenters. The van der Waals surface area contributed by atoms with Crippen molar-refractivity contribution >= 4 is 23.2 Å². The fourth-order valence-electron chi connectivity index (χ4n) is 1.77. The third-order valence-corrected chi connectivity index (χ3v) is 3.38.